The van der Waals surface area contributed by atoms with Gasteiger partial charge in [-0.2, -0.15) is 0 Å². The van der Waals surface area contributed by atoms with Gasteiger partial charge in [-0.15, -0.1) is 0 Å². The van der Waals surface area contributed by atoms with Crippen LogP contribution in [-0.4, -0.2) is 22.7 Å². The lowest BCUT2D eigenvalue weighted by atomic mass is 10.1. The molecule has 0 radical (unpaired) electrons. The van der Waals surface area contributed by atoms with Crippen LogP contribution in [0, 0.1) is 5.92 Å². The highest BCUT2D eigenvalue weighted by molar-refractivity contribution is 5.93. The Bertz CT molecular complexity index is 991. The Kier molecular flexibility index (Phi) is 4.52. The minimum Gasteiger partial charge on any atom is -0.491 e. The van der Waals surface area contributed by atoms with E-state index >= 15 is 0 Å². The second-order valence-corrected chi connectivity index (χ2v) is 6.05. The molecule has 0 fully saturated rings. The van der Waals surface area contributed by atoms with Crippen molar-refractivity contribution < 1.29 is 19.1 Å². The lowest BCUT2D eigenvalue weighted by Crippen LogP contribution is -2.07. The molecule has 0 amide bonds. The molecule has 0 aliphatic rings. The standard InChI is InChI=1S/C19H17NO5/c1-11(2)10-24-16-4-3-7-20-18(16)17-9-14(21)13-8-12(19(22)23)5-6-15(13)25-17/h3-9,11H,10H2,1-2H3,(H,22,23). The third-order valence-corrected chi connectivity index (χ3v) is 3.55. The minimum absolute atomic E-state index is 0.0336. The topological polar surface area (TPSA) is 89.6 Å². The predicted octanol–water partition coefficient (Wildman–Crippen LogP) is 3.59. The second kappa shape index (κ2) is 6.76. The molecular formula is C19H17NO5. The zero-order chi connectivity index (χ0) is 18.0. The molecule has 2 aromatic heterocycles. The highest BCUT2D eigenvalue weighted by Crippen LogP contribution is 2.29. The molecular weight excluding hydrogens is 322 g/mol. The second-order valence-electron chi connectivity index (χ2n) is 6.05. The molecule has 0 bridgehead atoms. The maximum Gasteiger partial charge on any atom is 0.335 e. The molecule has 0 spiro atoms. The summed E-state index contributed by atoms with van der Waals surface area (Å²) in [6.45, 7) is 4.58. The molecule has 0 saturated heterocycles. The number of nitrogens with zero attached hydrogens (tertiary/aromatic N) is 1. The summed E-state index contributed by atoms with van der Waals surface area (Å²) in [6.07, 6.45) is 1.59. The van der Waals surface area contributed by atoms with E-state index in [1.165, 1.54) is 24.3 Å². The summed E-state index contributed by atoms with van der Waals surface area (Å²) in [5.74, 6) is 0.0476. The predicted molar refractivity (Wildman–Crippen MR) is 93.0 cm³/mol. The third kappa shape index (κ3) is 3.52. The molecule has 25 heavy (non-hydrogen) atoms. The Hall–Kier alpha value is -3.15. The van der Waals surface area contributed by atoms with Gasteiger partial charge in [0.05, 0.1) is 17.6 Å². The number of hydrogen-bond acceptors (Lipinski definition) is 5. The van der Waals surface area contributed by atoms with Gasteiger partial charge in [-0.1, -0.05) is 13.8 Å². The van der Waals surface area contributed by atoms with Crippen LogP contribution in [0.15, 0.2) is 51.8 Å². The van der Waals surface area contributed by atoms with E-state index in [1.807, 2.05) is 13.8 Å². The summed E-state index contributed by atoms with van der Waals surface area (Å²) in [6, 6.07) is 8.99. The fourth-order valence-electron chi connectivity index (χ4n) is 2.35. The molecule has 0 saturated carbocycles. The molecule has 1 N–H and O–H groups in total. The van der Waals surface area contributed by atoms with Crippen LogP contribution in [0.2, 0.25) is 0 Å². The Balaban J connectivity index is 2.10. The first-order valence-corrected chi connectivity index (χ1v) is 7.85. The molecule has 2 heterocycles. The van der Waals surface area contributed by atoms with Gasteiger partial charge in [-0.25, -0.2) is 9.78 Å². The highest BCUT2D eigenvalue weighted by Gasteiger charge is 2.15. The van der Waals surface area contributed by atoms with E-state index in [-0.39, 0.29) is 22.1 Å². The fraction of sp³-hybridized carbons (Fsp3) is 0.211. The fourth-order valence-corrected chi connectivity index (χ4v) is 2.35. The van der Waals surface area contributed by atoms with E-state index in [0.29, 0.717) is 29.6 Å². The van der Waals surface area contributed by atoms with Gasteiger partial charge in [0.15, 0.2) is 11.2 Å². The lowest BCUT2D eigenvalue weighted by Gasteiger charge is -2.12. The van der Waals surface area contributed by atoms with Crippen LogP contribution in [0.4, 0.5) is 0 Å². The molecule has 6 nitrogen and oxygen atoms in total. The molecule has 0 atom stereocenters. The molecule has 3 rings (SSSR count). The first-order chi connectivity index (χ1) is 12.0. The van der Waals surface area contributed by atoms with Crippen molar-refractivity contribution >= 4 is 16.9 Å². The number of benzene rings is 1. The average Bonchev–Trinajstić information content (AvgIpc) is 2.59. The summed E-state index contributed by atoms with van der Waals surface area (Å²) in [7, 11) is 0. The Morgan fingerprint density at radius 2 is 2.08 bits per heavy atom. The van der Waals surface area contributed by atoms with Crippen molar-refractivity contribution in [1.82, 2.24) is 4.98 Å². The number of rotatable bonds is 5. The number of carboxylic acid groups (broad SMARTS) is 1. The SMILES string of the molecule is CC(C)COc1cccnc1-c1cc(=O)c2cc(C(=O)O)ccc2o1. The van der Waals surface area contributed by atoms with Gasteiger partial charge in [0.2, 0.25) is 0 Å². The van der Waals surface area contributed by atoms with Crippen molar-refractivity contribution in [3.05, 3.63) is 58.4 Å². The quantitative estimate of drug-likeness (QED) is 0.764. The van der Waals surface area contributed by atoms with Crippen molar-refractivity contribution in [2.75, 3.05) is 6.61 Å². The van der Waals surface area contributed by atoms with Gasteiger partial charge in [-0.05, 0) is 36.2 Å². The number of aromatic nitrogens is 1. The molecule has 0 aliphatic heterocycles. The van der Waals surface area contributed by atoms with Gasteiger partial charge in [-0.3, -0.25) is 4.79 Å². The van der Waals surface area contributed by atoms with E-state index in [1.54, 1.807) is 18.3 Å². The van der Waals surface area contributed by atoms with Crippen LogP contribution in [0.25, 0.3) is 22.4 Å². The van der Waals surface area contributed by atoms with Crippen LogP contribution in [-0.2, 0) is 0 Å². The van der Waals surface area contributed by atoms with E-state index in [2.05, 4.69) is 4.98 Å². The summed E-state index contributed by atoms with van der Waals surface area (Å²) in [5, 5.41) is 9.26. The average molecular weight is 339 g/mol. The Morgan fingerprint density at radius 1 is 1.28 bits per heavy atom. The van der Waals surface area contributed by atoms with Crippen LogP contribution in [0.1, 0.15) is 24.2 Å². The van der Waals surface area contributed by atoms with Crippen LogP contribution in [0.3, 0.4) is 0 Å². The van der Waals surface area contributed by atoms with Crippen LogP contribution < -0.4 is 10.2 Å². The van der Waals surface area contributed by atoms with Gasteiger partial charge < -0.3 is 14.3 Å². The van der Waals surface area contributed by atoms with E-state index in [4.69, 9.17) is 14.3 Å². The van der Waals surface area contributed by atoms with Gasteiger partial charge in [0.25, 0.3) is 0 Å². The maximum atomic E-state index is 12.4. The van der Waals surface area contributed by atoms with Gasteiger partial charge in [0.1, 0.15) is 17.0 Å². The molecule has 0 aliphatic carbocycles. The van der Waals surface area contributed by atoms with E-state index < -0.39 is 5.97 Å². The number of carboxylic acids is 1. The number of hydrogen-bond donors (Lipinski definition) is 1. The zero-order valence-corrected chi connectivity index (χ0v) is 13.9. The number of ether oxygens (including phenoxy) is 1. The van der Waals surface area contributed by atoms with Crippen molar-refractivity contribution in [2.24, 2.45) is 5.92 Å². The normalized spacial score (nSPS) is 11.0. The van der Waals surface area contributed by atoms with Crippen molar-refractivity contribution in [3.63, 3.8) is 0 Å². The highest BCUT2D eigenvalue weighted by atomic mass is 16.5. The van der Waals surface area contributed by atoms with Gasteiger partial charge >= 0.3 is 5.97 Å². The van der Waals surface area contributed by atoms with Crippen molar-refractivity contribution in [2.45, 2.75) is 13.8 Å². The maximum absolute atomic E-state index is 12.4. The number of fused-ring (bicyclic) bond motifs is 1. The van der Waals surface area contributed by atoms with Crippen LogP contribution in [0.5, 0.6) is 5.75 Å². The lowest BCUT2D eigenvalue weighted by molar-refractivity contribution is 0.0697. The first kappa shape index (κ1) is 16.7. The monoisotopic (exact) mass is 339 g/mol. The molecule has 128 valence electrons. The van der Waals surface area contributed by atoms with Crippen molar-refractivity contribution in [1.29, 1.82) is 0 Å². The zero-order valence-electron chi connectivity index (χ0n) is 13.9. The summed E-state index contributed by atoms with van der Waals surface area (Å²) in [4.78, 5) is 27.7. The number of pyridine rings is 1. The summed E-state index contributed by atoms with van der Waals surface area (Å²) < 4.78 is 11.5. The molecule has 6 heteroatoms. The largest absolute Gasteiger partial charge is 0.491 e. The summed E-state index contributed by atoms with van der Waals surface area (Å²) >= 11 is 0. The molecule has 1 aromatic carbocycles. The summed E-state index contributed by atoms with van der Waals surface area (Å²) in [5.41, 5.74) is 0.434. The third-order valence-electron chi connectivity index (χ3n) is 3.55. The minimum atomic E-state index is -1.10. The van der Waals surface area contributed by atoms with E-state index in [9.17, 15) is 9.59 Å². The molecule has 3 aromatic rings. The Labute approximate surface area is 143 Å². The van der Waals surface area contributed by atoms with Crippen LogP contribution >= 0.6 is 0 Å². The molecule has 0 unspecified atom stereocenters. The van der Waals surface area contributed by atoms with Crippen molar-refractivity contribution in [3.8, 4) is 17.2 Å². The smallest absolute Gasteiger partial charge is 0.335 e. The number of aromatic carboxylic acids is 1. The van der Waals surface area contributed by atoms with Gasteiger partial charge in [0, 0.05) is 12.3 Å². The Morgan fingerprint density at radius 3 is 2.80 bits per heavy atom. The first-order valence-electron chi connectivity index (χ1n) is 7.85. The van der Waals surface area contributed by atoms with E-state index in [0.717, 1.165) is 0 Å². The number of carbonyl (C=O) groups is 1.